The minimum Gasteiger partial charge on any atom is -0.339 e. The highest BCUT2D eigenvalue weighted by atomic mass is 35.5. The van der Waals surface area contributed by atoms with Crippen LogP contribution in [0.2, 0.25) is 0 Å². The largest absolute Gasteiger partial charge is 0.339 e. The topological polar surface area (TPSA) is 61.4 Å². The summed E-state index contributed by atoms with van der Waals surface area (Å²) in [7, 11) is 0. The lowest BCUT2D eigenvalue weighted by molar-refractivity contribution is -0.129. The van der Waals surface area contributed by atoms with Crippen molar-refractivity contribution in [1.29, 1.82) is 0 Å². The smallest absolute Gasteiger partial charge is 0.238 e. The summed E-state index contributed by atoms with van der Waals surface area (Å²) < 4.78 is 0. The molecular weight excluding hydrogens is 314 g/mol. The van der Waals surface area contributed by atoms with E-state index in [1.54, 1.807) is 11.8 Å². The average Bonchev–Trinajstić information content (AvgIpc) is 3.30. The summed E-state index contributed by atoms with van der Waals surface area (Å²) >= 11 is 0. The summed E-state index contributed by atoms with van der Waals surface area (Å²) in [5, 5.41) is 6.11. The summed E-state index contributed by atoms with van der Waals surface area (Å²) in [6, 6.07) is 7.63. The lowest BCUT2D eigenvalue weighted by atomic mass is 10.1. The van der Waals surface area contributed by atoms with Gasteiger partial charge < -0.3 is 15.5 Å². The molecule has 1 aromatic carbocycles. The number of nitrogens with one attached hydrogen (secondary N) is 2. The van der Waals surface area contributed by atoms with Gasteiger partial charge in [-0.3, -0.25) is 9.59 Å². The van der Waals surface area contributed by atoms with Gasteiger partial charge in [0.2, 0.25) is 11.8 Å². The van der Waals surface area contributed by atoms with Gasteiger partial charge in [-0.05, 0) is 43.9 Å². The van der Waals surface area contributed by atoms with Gasteiger partial charge in [-0.1, -0.05) is 18.2 Å². The van der Waals surface area contributed by atoms with Crippen LogP contribution in [0.4, 0.5) is 5.69 Å². The quantitative estimate of drug-likeness (QED) is 0.764. The third kappa shape index (κ3) is 6.59. The number of nitrogens with zero attached hydrogens (tertiary/aromatic N) is 1. The molecule has 0 radical (unpaired) electrons. The first-order valence-electron chi connectivity index (χ1n) is 7.94. The third-order valence-corrected chi connectivity index (χ3v) is 3.90. The van der Waals surface area contributed by atoms with Crippen LogP contribution in [0.5, 0.6) is 0 Å². The Morgan fingerprint density at radius 1 is 1.26 bits per heavy atom. The van der Waals surface area contributed by atoms with E-state index in [9.17, 15) is 9.59 Å². The molecule has 6 heteroatoms. The monoisotopic (exact) mass is 339 g/mol. The van der Waals surface area contributed by atoms with E-state index in [4.69, 9.17) is 0 Å². The van der Waals surface area contributed by atoms with Crippen LogP contribution in [0.25, 0.3) is 0 Å². The normalized spacial score (nSPS) is 13.1. The minimum atomic E-state index is -0.0426. The van der Waals surface area contributed by atoms with Crippen molar-refractivity contribution in [2.45, 2.75) is 33.2 Å². The Morgan fingerprint density at radius 3 is 2.57 bits per heavy atom. The van der Waals surface area contributed by atoms with Gasteiger partial charge in [0, 0.05) is 25.7 Å². The zero-order valence-corrected chi connectivity index (χ0v) is 14.6. The standard InChI is InChI=1S/C17H25N3O2.ClH/c1-3-20(13(2)21)12-15-6-4-5-7-16(15)19-17(22)11-18-10-14-8-9-14;/h4-7,14,18H,3,8-12H2,1-2H3,(H,19,22);1H. The number of rotatable bonds is 8. The van der Waals surface area contributed by atoms with Gasteiger partial charge in [0.1, 0.15) is 0 Å². The molecular formula is C17H26ClN3O2. The molecule has 0 aliphatic heterocycles. The molecule has 0 spiro atoms. The first-order valence-corrected chi connectivity index (χ1v) is 7.94. The lowest BCUT2D eigenvalue weighted by Crippen LogP contribution is -2.31. The summed E-state index contributed by atoms with van der Waals surface area (Å²) in [4.78, 5) is 25.3. The fourth-order valence-corrected chi connectivity index (χ4v) is 2.34. The number of halogens is 1. The van der Waals surface area contributed by atoms with Gasteiger partial charge in [-0.25, -0.2) is 0 Å². The highest BCUT2D eigenvalue weighted by Crippen LogP contribution is 2.27. The molecule has 128 valence electrons. The van der Waals surface area contributed by atoms with Gasteiger partial charge in [-0.15, -0.1) is 12.4 Å². The second-order valence-corrected chi connectivity index (χ2v) is 5.81. The molecule has 1 aromatic rings. The predicted octanol–water partition coefficient (Wildman–Crippen LogP) is 2.41. The molecule has 2 rings (SSSR count). The van der Waals surface area contributed by atoms with Crippen molar-refractivity contribution in [3.05, 3.63) is 29.8 Å². The van der Waals surface area contributed by atoms with Crippen molar-refractivity contribution in [2.75, 3.05) is 25.0 Å². The summed E-state index contributed by atoms with van der Waals surface area (Å²) in [5.41, 5.74) is 1.73. The molecule has 1 aliphatic rings. The molecule has 1 saturated carbocycles. The number of para-hydroxylation sites is 1. The highest BCUT2D eigenvalue weighted by molar-refractivity contribution is 5.93. The first kappa shape index (κ1) is 19.5. The number of carbonyl (C=O) groups is 2. The lowest BCUT2D eigenvalue weighted by Gasteiger charge is -2.21. The molecule has 0 heterocycles. The van der Waals surface area contributed by atoms with Crippen LogP contribution in [0.3, 0.4) is 0 Å². The molecule has 1 fully saturated rings. The molecule has 0 bridgehead atoms. The fourth-order valence-electron chi connectivity index (χ4n) is 2.34. The van der Waals surface area contributed by atoms with Crippen molar-refractivity contribution in [2.24, 2.45) is 5.92 Å². The molecule has 2 amide bonds. The van der Waals surface area contributed by atoms with Crippen molar-refractivity contribution < 1.29 is 9.59 Å². The van der Waals surface area contributed by atoms with Crippen LogP contribution in [0.15, 0.2) is 24.3 Å². The minimum absolute atomic E-state index is 0. The van der Waals surface area contributed by atoms with Gasteiger partial charge in [0.15, 0.2) is 0 Å². The number of amides is 2. The molecule has 0 atom stereocenters. The van der Waals surface area contributed by atoms with Crippen LogP contribution < -0.4 is 10.6 Å². The Labute approximate surface area is 144 Å². The first-order chi connectivity index (χ1) is 10.6. The summed E-state index contributed by atoms with van der Waals surface area (Å²) in [6.07, 6.45) is 2.55. The maximum atomic E-state index is 12.0. The molecule has 0 aromatic heterocycles. The Balaban J connectivity index is 0.00000264. The number of hydrogen-bond acceptors (Lipinski definition) is 3. The SMILES string of the molecule is CCN(Cc1ccccc1NC(=O)CNCC1CC1)C(C)=O.Cl. The Hall–Kier alpha value is -1.59. The highest BCUT2D eigenvalue weighted by Gasteiger charge is 2.20. The van der Waals surface area contributed by atoms with E-state index in [2.05, 4.69) is 10.6 Å². The van der Waals surface area contributed by atoms with Crippen LogP contribution in [0, 0.1) is 5.92 Å². The van der Waals surface area contributed by atoms with E-state index < -0.39 is 0 Å². The van der Waals surface area contributed by atoms with E-state index in [1.807, 2.05) is 31.2 Å². The third-order valence-electron chi connectivity index (χ3n) is 3.90. The molecule has 0 saturated heterocycles. The van der Waals surface area contributed by atoms with Gasteiger partial charge in [0.25, 0.3) is 0 Å². The number of benzene rings is 1. The molecule has 23 heavy (non-hydrogen) atoms. The zero-order valence-electron chi connectivity index (χ0n) is 13.8. The van der Waals surface area contributed by atoms with Gasteiger partial charge in [-0.2, -0.15) is 0 Å². The zero-order chi connectivity index (χ0) is 15.9. The van der Waals surface area contributed by atoms with Gasteiger partial charge in [0.05, 0.1) is 6.54 Å². The summed E-state index contributed by atoms with van der Waals surface area (Å²) in [6.45, 7) is 5.92. The molecule has 1 aliphatic carbocycles. The Bertz CT molecular complexity index is 532. The van der Waals surface area contributed by atoms with Crippen LogP contribution in [-0.4, -0.2) is 36.3 Å². The van der Waals surface area contributed by atoms with Crippen molar-refractivity contribution in [1.82, 2.24) is 10.2 Å². The maximum Gasteiger partial charge on any atom is 0.238 e. The fraction of sp³-hybridized carbons (Fsp3) is 0.529. The maximum absolute atomic E-state index is 12.0. The van der Waals surface area contributed by atoms with Gasteiger partial charge >= 0.3 is 0 Å². The van der Waals surface area contributed by atoms with E-state index in [0.717, 1.165) is 23.7 Å². The van der Waals surface area contributed by atoms with Crippen molar-refractivity contribution in [3.8, 4) is 0 Å². The van der Waals surface area contributed by atoms with Crippen molar-refractivity contribution in [3.63, 3.8) is 0 Å². The average molecular weight is 340 g/mol. The second-order valence-electron chi connectivity index (χ2n) is 5.81. The van der Waals surface area contributed by atoms with Crippen LogP contribution >= 0.6 is 12.4 Å². The van der Waals surface area contributed by atoms with Crippen LogP contribution in [-0.2, 0) is 16.1 Å². The van der Waals surface area contributed by atoms with E-state index in [1.165, 1.54) is 12.8 Å². The number of anilines is 1. The van der Waals surface area contributed by atoms with Crippen LogP contribution in [0.1, 0.15) is 32.3 Å². The second kappa shape index (κ2) is 9.53. The number of carbonyl (C=O) groups excluding carboxylic acids is 2. The Kier molecular flexibility index (Phi) is 8.06. The number of hydrogen-bond donors (Lipinski definition) is 2. The summed E-state index contributed by atoms with van der Waals surface area (Å²) in [5.74, 6) is 0.752. The van der Waals surface area contributed by atoms with E-state index in [0.29, 0.717) is 19.6 Å². The van der Waals surface area contributed by atoms with E-state index in [-0.39, 0.29) is 24.2 Å². The molecule has 5 nitrogen and oxygen atoms in total. The predicted molar refractivity (Wildman–Crippen MR) is 94.7 cm³/mol. The molecule has 0 unspecified atom stereocenters. The van der Waals surface area contributed by atoms with Crippen molar-refractivity contribution >= 4 is 29.9 Å². The van der Waals surface area contributed by atoms with E-state index >= 15 is 0 Å². The Morgan fingerprint density at radius 2 is 1.96 bits per heavy atom. The molecule has 2 N–H and O–H groups in total.